The molecule has 130 valence electrons. The van der Waals surface area contributed by atoms with Crippen LogP contribution in [0.3, 0.4) is 0 Å². The predicted molar refractivity (Wildman–Crippen MR) is 98.4 cm³/mol. The van der Waals surface area contributed by atoms with E-state index in [0.717, 1.165) is 24.6 Å². The van der Waals surface area contributed by atoms with Crippen LogP contribution < -0.4 is 0 Å². The molecule has 1 atom stereocenters. The lowest BCUT2D eigenvalue weighted by Crippen LogP contribution is -2.44. The van der Waals surface area contributed by atoms with Crippen LogP contribution in [0.25, 0.3) is 0 Å². The monoisotopic (exact) mass is 325 g/mol. The van der Waals surface area contributed by atoms with Gasteiger partial charge in [0.15, 0.2) is 0 Å². The van der Waals surface area contributed by atoms with Gasteiger partial charge in [0.1, 0.15) is 0 Å². The zero-order chi connectivity index (χ0) is 16.7. The number of carbonyl (C=O) groups excluding carboxylic acids is 1. The van der Waals surface area contributed by atoms with Crippen molar-refractivity contribution in [2.45, 2.75) is 71.1 Å². The van der Waals surface area contributed by atoms with E-state index in [1.807, 2.05) is 0 Å². The Morgan fingerprint density at radius 2 is 1.75 bits per heavy atom. The first-order valence-electron chi connectivity index (χ1n) is 9.98. The minimum absolute atomic E-state index is 0.260. The zero-order valence-corrected chi connectivity index (χ0v) is 15.3. The molecule has 2 nitrogen and oxygen atoms in total. The van der Waals surface area contributed by atoms with E-state index in [0.29, 0.717) is 11.3 Å². The van der Waals surface area contributed by atoms with Crippen molar-refractivity contribution >= 4 is 5.91 Å². The second-order valence-corrected chi connectivity index (χ2v) is 8.83. The molecule has 1 aliphatic heterocycles. The lowest BCUT2D eigenvalue weighted by atomic mass is 9.66. The van der Waals surface area contributed by atoms with E-state index in [-0.39, 0.29) is 5.91 Å². The van der Waals surface area contributed by atoms with Gasteiger partial charge >= 0.3 is 0 Å². The lowest BCUT2D eigenvalue weighted by Gasteiger charge is -2.45. The van der Waals surface area contributed by atoms with E-state index in [1.54, 1.807) is 0 Å². The van der Waals surface area contributed by atoms with Crippen molar-refractivity contribution in [1.29, 1.82) is 0 Å². The highest BCUT2D eigenvalue weighted by Crippen LogP contribution is 2.46. The number of hydrogen-bond donors (Lipinski definition) is 0. The molecular formula is C22H31NO. The van der Waals surface area contributed by atoms with Crippen LogP contribution in [0.2, 0.25) is 0 Å². The number of fused-ring (bicyclic) bond motifs is 1. The summed E-state index contributed by atoms with van der Waals surface area (Å²) < 4.78 is 0. The molecule has 1 saturated heterocycles. The number of likely N-dealkylation sites (tertiary alicyclic amines) is 1. The van der Waals surface area contributed by atoms with Gasteiger partial charge in [0, 0.05) is 18.7 Å². The molecule has 0 radical (unpaired) electrons. The van der Waals surface area contributed by atoms with Crippen LogP contribution >= 0.6 is 0 Å². The Bertz CT molecular complexity index is 617. The molecule has 2 fully saturated rings. The molecule has 1 aromatic carbocycles. The SMILES string of the molecule is CC1CCC2(CC1)CCN(C(=O)c1ccc3c(c1)C(C)CC3)CC2. The number of rotatable bonds is 1. The van der Waals surface area contributed by atoms with Gasteiger partial charge in [0.2, 0.25) is 0 Å². The third-order valence-corrected chi connectivity index (χ3v) is 7.22. The van der Waals surface area contributed by atoms with E-state index in [9.17, 15) is 4.79 Å². The van der Waals surface area contributed by atoms with Crippen molar-refractivity contribution in [2.75, 3.05) is 13.1 Å². The highest BCUT2D eigenvalue weighted by molar-refractivity contribution is 5.94. The summed E-state index contributed by atoms with van der Waals surface area (Å²) in [7, 11) is 0. The van der Waals surface area contributed by atoms with Gasteiger partial charge in [-0.25, -0.2) is 0 Å². The Morgan fingerprint density at radius 3 is 2.46 bits per heavy atom. The largest absolute Gasteiger partial charge is 0.339 e. The quantitative estimate of drug-likeness (QED) is 0.697. The van der Waals surface area contributed by atoms with Gasteiger partial charge in [-0.05, 0) is 79.0 Å². The maximum absolute atomic E-state index is 13.0. The normalized spacial score (nSPS) is 26.6. The van der Waals surface area contributed by atoms with Crippen molar-refractivity contribution in [3.05, 3.63) is 34.9 Å². The minimum atomic E-state index is 0.260. The fourth-order valence-corrected chi connectivity index (χ4v) is 5.18. The molecule has 0 bridgehead atoms. The van der Waals surface area contributed by atoms with Gasteiger partial charge in [-0.2, -0.15) is 0 Å². The van der Waals surface area contributed by atoms with Crippen LogP contribution in [0.5, 0.6) is 0 Å². The molecule has 1 amide bonds. The fourth-order valence-electron chi connectivity index (χ4n) is 5.18. The van der Waals surface area contributed by atoms with Crippen LogP contribution in [0.4, 0.5) is 0 Å². The Morgan fingerprint density at radius 1 is 1.04 bits per heavy atom. The second-order valence-electron chi connectivity index (χ2n) is 8.83. The molecule has 1 aromatic rings. The van der Waals surface area contributed by atoms with E-state index in [1.165, 1.54) is 62.5 Å². The van der Waals surface area contributed by atoms with Crippen LogP contribution in [-0.4, -0.2) is 23.9 Å². The molecule has 4 rings (SSSR count). The minimum Gasteiger partial charge on any atom is -0.339 e. The van der Waals surface area contributed by atoms with Crippen LogP contribution in [0.1, 0.15) is 86.2 Å². The average molecular weight is 325 g/mol. The van der Waals surface area contributed by atoms with Crippen molar-refractivity contribution in [1.82, 2.24) is 4.90 Å². The van der Waals surface area contributed by atoms with Gasteiger partial charge < -0.3 is 4.90 Å². The molecule has 1 spiro atoms. The Hall–Kier alpha value is -1.31. The first kappa shape index (κ1) is 16.2. The molecular weight excluding hydrogens is 294 g/mol. The molecule has 1 unspecified atom stereocenters. The van der Waals surface area contributed by atoms with Crippen LogP contribution in [0.15, 0.2) is 18.2 Å². The summed E-state index contributed by atoms with van der Waals surface area (Å²) in [5.41, 5.74) is 4.33. The highest BCUT2D eigenvalue weighted by Gasteiger charge is 2.38. The first-order chi connectivity index (χ1) is 11.6. The smallest absolute Gasteiger partial charge is 0.253 e. The lowest BCUT2D eigenvalue weighted by molar-refractivity contribution is 0.0415. The summed E-state index contributed by atoms with van der Waals surface area (Å²) in [5.74, 6) is 1.78. The summed E-state index contributed by atoms with van der Waals surface area (Å²) in [5, 5.41) is 0. The summed E-state index contributed by atoms with van der Waals surface area (Å²) >= 11 is 0. The topological polar surface area (TPSA) is 20.3 Å². The third kappa shape index (κ3) is 2.89. The molecule has 2 heteroatoms. The van der Waals surface area contributed by atoms with Gasteiger partial charge in [-0.15, -0.1) is 0 Å². The van der Waals surface area contributed by atoms with Crippen molar-refractivity contribution in [3.63, 3.8) is 0 Å². The van der Waals surface area contributed by atoms with Gasteiger partial charge in [-0.1, -0.05) is 32.8 Å². The predicted octanol–water partition coefficient (Wildman–Crippen LogP) is 5.17. The van der Waals surface area contributed by atoms with Gasteiger partial charge in [0.05, 0.1) is 0 Å². The molecule has 1 heterocycles. The van der Waals surface area contributed by atoms with Crippen LogP contribution in [-0.2, 0) is 6.42 Å². The maximum atomic E-state index is 13.0. The van der Waals surface area contributed by atoms with E-state index < -0.39 is 0 Å². The Kier molecular flexibility index (Phi) is 4.18. The third-order valence-electron chi connectivity index (χ3n) is 7.22. The number of nitrogens with zero attached hydrogens (tertiary/aromatic N) is 1. The first-order valence-corrected chi connectivity index (χ1v) is 9.98. The number of carbonyl (C=O) groups is 1. The number of benzene rings is 1. The van der Waals surface area contributed by atoms with Gasteiger partial charge in [0.25, 0.3) is 5.91 Å². The summed E-state index contributed by atoms with van der Waals surface area (Å²) in [6, 6.07) is 6.44. The standard InChI is InChI=1S/C22H31NO/c1-16-7-9-22(10-8-16)11-13-23(14-12-22)21(24)19-6-5-18-4-3-17(2)20(18)15-19/h5-6,15-17H,3-4,7-14H2,1-2H3. The molecule has 2 aliphatic carbocycles. The number of piperidine rings is 1. The number of hydrogen-bond acceptors (Lipinski definition) is 1. The van der Waals surface area contributed by atoms with Crippen molar-refractivity contribution in [2.24, 2.45) is 11.3 Å². The summed E-state index contributed by atoms with van der Waals surface area (Å²) in [6.45, 7) is 6.59. The second kappa shape index (κ2) is 6.20. The fraction of sp³-hybridized carbons (Fsp3) is 0.682. The van der Waals surface area contributed by atoms with Gasteiger partial charge in [-0.3, -0.25) is 4.79 Å². The van der Waals surface area contributed by atoms with E-state index in [2.05, 4.69) is 36.9 Å². The average Bonchev–Trinajstić information content (AvgIpc) is 2.98. The maximum Gasteiger partial charge on any atom is 0.253 e. The Balaban J connectivity index is 1.43. The zero-order valence-electron chi connectivity index (χ0n) is 15.3. The molecule has 0 aromatic heterocycles. The van der Waals surface area contributed by atoms with Crippen LogP contribution in [0, 0.1) is 11.3 Å². The molecule has 0 N–H and O–H groups in total. The summed E-state index contributed by atoms with van der Waals surface area (Å²) in [6.07, 6.45) is 10.4. The molecule has 3 aliphatic rings. The van der Waals surface area contributed by atoms with E-state index >= 15 is 0 Å². The van der Waals surface area contributed by atoms with E-state index in [4.69, 9.17) is 0 Å². The summed E-state index contributed by atoms with van der Waals surface area (Å²) in [4.78, 5) is 15.1. The van der Waals surface area contributed by atoms with Crippen molar-refractivity contribution < 1.29 is 4.79 Å². The molecule has 1 saturated carbocycles. The molecule has 24 heavy (non-hydrogen) atoms. The number of amides is 1. The highest BCUT2D eigenvalue weighted by atomic mass is 16.2. The Labute approximate surface area is 146 Å². The number of aryl methyl sites for hydroxylation is 1. The van der Waals surface area contributed by atoms with Crippen molar-refractivity contribution in [3.8, 4) is 0 Å².